The number of carbonyl (C=O) groups excluding carboxylic acids is 1. The first kappa shape index (κ1) is 17.0. The molecule has 0 radical (unpaired) electrons. The summed E-state index contributed by atoms with van der Waals surface area (Å²) < 4.78 is 1.98. The molecule has 0 spiro atoms. The zero-order valence-corrected chi connectivity index (χ0v) is 14.2. The topological polar surface area (TPSA) is 74.0 Å². The van der Waals surface area contributed by atoms with Gasteiger partial charge in [0, 0.05) is 31.9 Å². The Kier molecular flexibility index (Phi) is 5.68. The third-order valence-electron chi connectivity index (χ3n) is 4.70. The number of likely N-dealkylation sites (tertiary alicyclic amines) is 1. The number of nitrogens with zero attached hydrogens (tertiary/aromatic N) is 4. The number of rotatable bonds is 5. The van der Waals surface area contributed by atoms with Crippen molar-refractivity contribution < 1.29 is 4.79 Å². The standard InChI is InChI=1S/C19H23N5O/c20-11-4-8-18(16-6-2-1-3-7-16)22-19(25)23-14-9-17(10-15-23)24-13-5-12-21-24/h1-3,5-7,12-13,17-18H,4,8-10,14-15H2,(H,22,25). The van der Waals surface area contributed by atoms with Gasteiger partial charge in [0.2, 0.25) is 0 Å². The number of piperidine rings is 1. The minimum atomic E-state index is -0.128. The second kappa shape index (κ2) is 8.34. The molecule has 1 aliphatic heterocycles. The van der Waals surface area contributed by atoms with Crippen LogP contribution in [0.2, 0.25) is 0 Å². The SMILES string of the molecule is N#CCCC(NC(=O)N1CCC(n2cccn2)CC1)c1ccccc1. The maximum absolute atomic E-state index is 12.6. The molecule has 2 amide bonds. The van der Waals surface area contributed by atoms with Gasteiger partial charge in [-0.3, -0.25) is 4.68 Å². The molecule has 2 aromatic rings. The average Bonchev–Trinajstić information content (AvgIpc) is 3.20. The summed E-state index contributed by atoms with van der Waals surface area (Å²) in [4.78, 5) is 14.5. The van der Waals surface area contributed by atoms with Crippen molar-refractivity contribution in [1.82, 2.24) is 20.0 Å². The van der Waals surface area contributed by atoms with Crippen LogP contribution in [0.1, 0.15) is 43.3 Å². The molecule has 1 unspecified atom stereocenters. The highest BCUT2D eigenvalue weighted by Gasteiger charge is 2.25. The maximum Gasteiger partial charge on any atom is 0.317 e. The van der Waals surface area contributed by atoms with E-state index in [1.54, 1.807) is 6.20 Å². The van der Waals surface area contributed by atoms with Crippen LogP contribution >= 0.6 is 0 Å². The van der Waals surface area contributed by atoms with Crippen molar-refractivity contribution in [2.45, 2.75) is 37.8 Å². The van der Waals surface area contributed by atoms with E-state index >= 15 is 0 Å². The average molecular weight is 337 g/mol. The van der Waals surface area contributed by atoms with Crippen LogP contribution in [0, 0.1) is 11.3 Å². The smallest absolute Gasteiger partial charge is 0.317 e. The van der Waals surface area contributed by atoms with Gasteiger partial charge < -0.3 is 10.2 Å². The monoisotopic (exact) mass is 337 g/mol. The first-order chi connectivity index (χ1) is 12.3. The molecule has 130 valence electrons. The highest BCUT2D eigenvalue weighted by Crippen LogP contribution is 2.23. The van der Waals surface area contributed by atoms with E-state index in [2.05, 4.69) is 16.5 Å². The number of amides is 2. The molecule has 1 N–H and O–H groups in total. The predicted octanol–water partition coefficient (Wildman–Crippen LogP) is 3.27. The molecular formula is C19H23N5O. The molecule has 1 atom stereocenters. The lowest BCUT2D eigenvalue weighted by molar-refractivity contribution is 0.165. The van der Waals surface area contributed by atoms with Crippen LogP contribution in [0.5, 0.6) is 0 Å². The van der Waals surface area contributed by atoms with E-state index in [1.165, 1.54) is 0 Å². The van der Waals surface area contributed by atoms with Gasteiger partial charge in [-0.25, -0.2) is 4.79 Å². The van der Waals surface area contributed by atoms with Crippen molar-refractivity contribution in [2.75, 3.05) is 13.1 Å². The molecule has 25 heavy (non-hydrogen) atoms. The molecule has 3 rings (SSSR count). The summed E-state index contributed by atoms with van der Waals surface area (Å²) in [7, 11) is 0. The Bertz CT molecular complexity index is 699. The Morgan fingerprint density at radius 3 is 2.68 bits per heavy atom. The van der Waals surface area contributed by atoms with E-state index in [4.69, 9.17) is 5.26 Å². The highest BCUT2D eigenvalue weighted by molar-refractivity contribution is 5.74. The molecular weight excluding hydrogens is 314 g/mol. The number of nitriles is 1. The fraction of sp³-hybridized carbons (Fsp3) is 0.421. The molecule has 0 aliphatic carbocycles. The van der Waals surface area contributed by atoms with Crippen molar-refractivity contribution >= 4 is 6.03 Å². The number of aromatic nitrogens is 2. The molecule has 6 nitrogen and oxygen atoms in total. The molecule has 2 heterocycles. The summed E-state index contributed by atoms with van der Waals surface area (Å²) in [5, 5.41) is 16.3. The van der Waals surface area contributed by atoms with Crippen molar-refractivity contribution in [3.05, 3.63) is 54.4 Å². The maximum atomic E-state index is 12.6. The summed E-state index contributed by atoms with van der Waals surface area (Å²) in [6, 6.07) is 14.1. The predicted molar refractivity (Wildman–Crippen MR) is 94.6 cm³/mol. The van der Waals surface area contributed by atoms with Gasteiger partial charge >= 0.3 is 6.03 Å². The van der Waals surface area contributed by atoms with Crippen molar-refractivity contribution in [3.8, 4) is 6.07 Å². The second-order valence-electron chi connectivity index (χ2n) is 6.31. The highest BCUT2D eigenvalue weighted by atomic mass is 16.2. The number of carbonyl (C=O) groups is 1. The fourth-order valence-electron chi connectivity index (χ4n) is 3.29. The molecule has 6 heteroatoms. The minimum absolute atomic E-state index is 0.0503. The van der Waals surface area contributed by atoms with Crippen LogP contribution in [0.25, 0.3) is 0 Å². The lowest BCUT2D eigenvalue weighted by atomic mass is 10.0. The van der Waals surface area contributed by atoms with Gasteiger partial charge in [0.05, 0.1) is 18.2 Å². The van der Waals surface area contributed by atoms with Gasteiger partial charge in [0.25, 0.3) is 0 Å². The lowest BCUT2D eigenvalue weighted by Gasteiger charge is -2.33. The van der Waals surface area contributed by atoms with E-state index in [1.807, 2.05) is 52.2 Å². The number of hydrogen-bond donors (Lipinski definition) is 1. The van der Waals surface area contributed by atoms with E-state index < -0.39 is 0 Å². The second-order valence-corrected chi connectivity index (χ2v) is 6.31. The van der Waals surface area contributed by atoms with Crippen LogP contribution < -0.4 is 5.32 Å². The largest absolute Gasteiger partial charge is 0.331 e. The van der Waals surface area contributed by atoms with Crippen LogP contribution in [0.4, 0.5) is 4.79 Å². The minimum Gasteiger partial charge on any atom is -0.331 e. The Hall–Kier alpha value is -2.81. The molecule has 1 aromatic carbocycles. The van der Waals surface area contributed by atoms with Gasteiger partial charge in [-0.2, -0.15) is 10.4 Å². The Balaban J connectivity index is 1.57. The van der Waals surface area contributed by atoms with Gasteiger partial charge in [-0.05, 0) is 30.9 Å². The lowest BCUT2D eigenvalue weighted by Crippen LogP contribution is -2.45. The molecule has 0 bridgehead atoms. The number of benzene rings is 1. The van der Waals surface area contributed by atoms with Crippen molar-refractivity contribution in [3.63, 3.8) is 0 Å². The van der Waals surface area contributed by atoms with Gasteiger partial charge in [-0.15, -0.1) is 0 Å². The van der Waals surface area contributed by atoms with Crippen LogP contribution in [-0.4, -0.2) is 33.8 Å². The quantitative estimate of drug-likeness (QED) is 0.910. The molecule has 1 fully saturated rings. The third-order valence-corrected chi connectivity index (χ3v) is 4.70. The first-order valence-corrected chi connectivity index (χ1v) is 8.74. The summed E-state index contributed by atoms with van der Waals surface area (Å²) in [6.45, 7) is 1.44. The number of nitrogens with one attached hydrogen (secondary N) is 1. The summed E-state index contributed by atoms with van der Waals surface area (Å²) in [5.74, 6) is 0. The van der Waals surface area contributed by atoms with E-state index in [0.717, 1.165) is 31.5 Å². The van der Waals surface area contributed by atoms with Crippen molar-refractivity contribution in [2.24, 2.45) is 0 Å². The Morgan fingerprint density at radius 2 is 2.04 bits per heavy atom. The van der Waals surface area contributed by atoms with Crippen molar-refractivity contribution in [1.29, 1.82) is 5.26 Å². The van der Waals surface area contributed by atoms with Gasteiger partial charge in [0.1, 0.15) is 0 Å². The summed E-state index contributed by atoms with van der Waals surface area (Å²) >= 11 is 0. The molecule has 1 aromatic heterocycles. The first-order valence-electron chi connectivity index (χ1n) is 8.74. The Morgan fingerprint density at radius 1 is 1.28 bits per heavy atom. The normalized spacial score (nSPS) is 16.2. The van der Waals surface area contributed by atoms with Gasteiger partial charge in [0.15, 0.2) is 0 Å². The van der Waals surface area contributed by atoms with Crippen LogP contribution in [-0.2, 0) is 0 Å². The zero-order valence-electron chi connectivity index (χ0n) is 14.2. The molecule has 0 saturated carbocycles. The van der Waals surface area contributed by atoms with E-state index in [9.17, 15) is 4.79 Å². The van der Waals surface area contributed by atoms with E-state index in [-0.39, 0.29) is 12.1 Å². The summed E-state index contributed by atoms with van der Waals surface area (Å²) in [6.07, 6.45) is 6.62. The zero-order chi connectivity index (χ0) is 17.5. The van der Waals surface area contributed by atoms with Gasteiger partial charge in [-0.1, -0.05) is 30.3 Å². The molecule has 1 aliphatic rings. The fourth-order valence-corrected chi connectivity index (χ4v) is 3.29. The van der Waals surface area contributed by atoms with Crippen LogP contribution in [0.15, 0.2) is 48.8 Å². The number of hydrogen-bond acceptors (Lipinski definition) is 3. The third kappa shape index (κ3) is 4.38. The van der Waals surface area contributed by atoms with E-state index in [0.29, 0.717) is 18.9 Å². The summed E-state index contributed by atoms with van der Waals surface area (Å²) in [5.41, 5.74) is 1.04. The Labute approximate surface area is 148 Å². The van der Waals surface area contributed by atoms with Crippen LogP contribution in [0.3, 0.4) is 0 Å². The molecule has 1 saturated heterocycles. The number of urea groups is 1.